The van der Waals surface area contributed by atoms with Crippen LogP contribution in [0, 0.1) is 0 Å². The van der Waals surface area contributed by atoms with E-state index < -0.39 is 34.9 Å². The molecule has 10 nitrogen and oxygen atoms in total. The average Bonchev–Trinajstić information content (AvgIpc) is 2.98. The van der Waals surface area contributed by atoms with Gasteiger partial charge in [-0.25, -0.2) is 9.59 Å². The first-order valence-corrected chi connectivity index (χ1v) is 9.73. The molecule has 2 aromatic rings. The summed E-state index contributed by atoms with van der Waals surface area (Å²) in [6.45, 7) is 2.05. The lowest BCUT2D eigenvalue weighted by atomic mass is 10.0. The van der Waals surface area contributed by atoms with Crippen LogP contribution in [-0.4, -0.2) is 60.7 Å². The quantitative estimate of drug-likeness (QED) is 0.339. The summed E-state index contributed by atoms with van der Waals surface area (Å²) in [5.41, 5.74) is -0.0584. The number of hydrogen-bond donors (Lipinski definition) is 2. The Morgan fingerprint density at radius 1 is 0.969 bits per heavy atom. The standard InChI is InChI=1S/C22H23NO9/c1-5-32-17-10-12(6-8-15(17)29-2)14(11-18(24)25)23(28)21(26)13-7-9-16(30-3)20(31-4)19(13)22(23)27/h6-10,14,28H,5,11H2,1-4H3/p+1. The maximum Gasteiger partial charge on any atom is 0.391 e. The van der Waals surface area contributed by atoms with Gasteiger partial charge >= 0.3 is 17.8 Å². The summed E-state index contributed by atoms with van der Waals surface area (Å²) in [6.07, 6.45) is -0.709. The van der Waals surface area contributed by atoms with Crippen molar-refractivity contribution in [1.82, 2.24) is 0 Å². The third kappa shape index (κ3) is 3.53. The minimum atomic E-state index is -1.79. The first kappa shape index (κ1) is 23.0. The summed E-state index contributed by atoms with van der Waals surface area (Å²) in [5, 5.41) is 21.0. The number of fused-ring (bicyclic) bond motifs is 1. The molecule has 0 aromatic heterocycles. The molecule has 1 aliphatic rings. The first-order valence-electron chi connectivity index (χ1n) is 9.73. The fourth-order valence-corrected chi connectivity index (χ4v) is 3.85. The van der Waals surface area contributed by atoms with Gasteiger partial charge in [-0.15, -0.1) is 0 Å². The molecule has 2 amide bonds. The number of nitrogens with zero attached hydrogens (tertiary/aromatic N) is 1. The number of ether oxygens (including phenoxy) is 4. The Morgan fingerprint density at radius 2 is 1.62 bits per heavy atom. The van der Waals surface area contributed by atoms with Crippen LogP contribution in [0.5, 0.6) is 23.0 Å². The molecule has 2 aromatic carbocycles. The van der Waals surface area contributed by atoms with Crippen LogP contribution in [0.3, 0.4) is 0 Å². The van der Waals surface area contributed by atoms with Crippen molar-refractivity contribution in [1.29, 1.82) is 0 Å². The molecular formula is C22H24NO9+. The van der Waals surface area contributed by atoms with Gasteiger partial charge in [0.05, 0.1) is 27.9 Å². The maximum absolute atomic E-state index is 13.4. The summed E-state index contributed by atoms with van der Waals surface area (Å²) >= 11 is 0. The molecule has 0 saturated carbocycles. The lowest BCUT2D eigenvalue weighted by Crippen LogP contribution is -2.53. The highest BCUT2D eigenvalue weighted by atomic mass is 16.6. The Bertz CT molecular complexity index is 1080. The second-order valence-corrected chi connectivity index (χ2v) is 6.98. The first-order chi connectivity index (χ1) is 15.2. The lowest BCUT2D eigenvalue weighted by molar-refractivity contribution is -0.991. The van der Waals surface area contributed by atoms with Gasteiger partial charge in [0.2, 0.25) is 0 Å². The molecule has 0 radical (unpaired) electrons. The van der Waals surface area contributed by atoms with Gasteiger partial charge in [-0.3, -0.25) is 4.79 Å². The number of benzene rings is 2. The number of amides is 2. The zero-order valence-corrected chi connectivity index (χ0v) is 18.1. The minimum Gasteiger partial charge on any atom is -0.493 e. The average molecular weight is 446 g/mol. The van der Waals surface area contributed by atoms with E-state index in [-0.39, 0.29) is 33.9 Å². The molecular weight excluding hydrogens is 422 g/mol. The molecule has 2 N–H and O–H groups in total. The number of rotatable bonds is 9. The van der Waals surface area contributed by atoms with E-state index >= 15 is 0 Å². The Kier molecular flexibility index (Phi) is 6.37. The van der Waals surface area contributed by atoms with Gasteiger partial charge in [0.25, 0.3) is 0 Å². The van der Waals surface area contributed by atoms with Crippen LogP contribution in [0.25, 0.3) is 0 Å². The summed E-state index contributed by atoms with van der Waals surface area (Å²) < 4.78 is 19.4. The van der Waals surface area contributed by atoms with E-state index in [1.165, 1.54) is 51.7 Å². The summed E-state index contributed by atoms with van der Waals surface area (Å²) in [7, 11) is 4.11. The van der Waals surface area contributed by atoms with Crippen LogP contribution >= 0.6 is 0 Å². The van der Waals surface area contributed by atoms with Crippen molar-refractivity contribution in [2.24, 2.45) is 0 Å². The zero-order valence-electron chi connectivity index (χ0n) is 18.1. The Hall–Kier alpha value is -3.63. The molecule has 1 aliphatic heterocycles. The van der Waals surface area contributed by atoms with Gasteiger partial charge in [0.1, 0.15) is 17.5 Å². The number of carboxylic acid groups (broad SMARTS) is 1. The highest BCUT2D eigenvalue weighted by Crippen LogP contribution is 2.46. The molecule has 2 atom stereocenters. The van der Waals surface area contributed by atoms with Gasteiger partial charge in [-0.1, -0.05) is 0 Å². The van der Waals surface area contributed by atoms with Crippen LogP contribution in [0.1, 0.15) is 45.7 Å². The molecule has 0 saturated heterocycles. The van der Waals surface area contributed by atoms with Crippen LogP contribution in [0.15, 0.2) is 30.3 Å². The van der Waals surface area contributed by atoms with E-state index in [1.54, 1.807) is 6.92 Å². The van der Waals surface area contributed by atoms with Crippen molar-refractivity contribution >= 4 is 17.8 Å². The second-order valence-electron chi connectivity index (χ2n) is 6.98. The molecule has 2 unspecified atom stereocenters. The van der Waals surface area contributed by atoms with E-state index in [9.17, 15) is 24.7 Å². The van der Waals surface area contributed by atoms with E-state index in [4.69, 9.17) is 18.9 Å². The number of hydroxylamine groups is 3. The van der Waals surface area contributed by atoms with Gasteiger partial charge in [0, 0.05) is 5.56 Å². The third-order valence-electron chi connectivity index (χ3n) is 5.30. The zero-order chi connectivity index (χ0) is 23.6. The fraction of sp³-hybridized carbons (Fsp3) is 0.318. The number of quaternary nitrogens is 1. The van der Waals surface area contributed by atoms with Crippen molar-refractivity contribution in [3.63, 3.8) is 0 Å². The van der Waals surface area contributed by atoms with Crippen LogP contribution in [0.2, 0.25) is 0 Å². The predicted molar refractivity (Wildman–Crippen MR) is 109 cm³/mol. The molecule has 0 bridgehead atoms. The minimum absolute atomic E-state index is 0.0174. The van der Waals surface area contributed by atoms with Crippen LogP contribution < -0.4 is 18.9 Å². The number of carboxylic acids is 1. The van der Waals surface area contributed by atoms with Gasteiger partial charge in [0.15, 0.2) is 29.0 Å². The SMILES string of the molecule is CCOc1cc(C(CC(=O)O)[N+]2(O)C(=O)c3ccc(OC)c(OC)c3C2=O)ccc1OC. The maximum atomic E-state index is 13.4. The summed E-state index contributed by atoms with van der Waals surface area (Å²) in [4.78, 5) is 38.4. The molecule has 170 valence electrons. The topological polar surface area (TPSA) is 129 Å². The van der Waals surface area contributed by atoms with Crippen molar-refractivity contribution in [3.05, 3.63) is 47.0 Å². The number of methoxy groups -OCH3 is 3. The molecule has 3 rings (SSSR count). The molecule has 32 heavy (non-hydrogen) atoms. The third-order valence-corrected chi connectivity index (χ3v) is 5.30. The normalized spacial score (nSPS) is 18.2. The van der Waals surface area contributed by atoms with E-state index in [0.29, 0.717) is 12.4 Å². The number of aliphatic carboxylic acids is 1. The smallest absolute Gasteiger partial charge is 0.391 e. The van der Waals surface area contributed by atoms with E-state index in [0.717, 1.165) is 0 Å². The number of carbonyl (C=O) groups is 3. The Balaban J connectivity index is 2.20. The molecule has 10 heteroatoms. The van der Waals surface area contributed by atoms with Gasteiger partial charge in [-0.2, -0.15) is 5.21 Å². The number of imide groups is 1. The van der Waals surface area contributed by atoms with Crippen LogP contribution in [-0.2, 0) is 4.79 Å². The predicted octanol–water partition coefficient (Wildman–Crippen LogP) is 2.83. The van der Waals surface area contributed by atoms with Crippen molar-refractivity contribution in [2.45, 2.75) is 19.4 Å². The molecule has 1 heterocycles. The van der Waals surface area contributed by atoms with Crippen molar-refractivity contribution < 1.29 is 48.3 Å². The van der Waals surface area contributed by atoms with Gasteiger partial charge in [-0.05, 0) is 41.9 Å². The fourth-order valence-electron chi connectivity index (χ4n) is 3.85. The molecule has 0 aliphatic carbocycles. The highest BCUT2D eigenvalue weighted by molar-refractivity contribution is 6.15. The lowest BCUT2D eigenvalue weighted by Gasteiger charge is -2.28. The monoisotopic (exact) mass is 446 g/mol. The number of hydrogen-bond acceptors (Lipinski definition) is 8. The summed E-state index contributed by atoms with van der Waals surface area (Å²) in [6, 6.07) is 5.76. The van der Waals surface area contributed by atoms with Crippen molar-refractivity contribution in [3.8, 4) is 23.0 Å². The van der Waals surface area contributed by atoms with Gasteiger partial charge < -0.3 is 24.1 Å². The molecule has 0 spiro atoms. The van der Waals surface area contributed by atoms with E-state index in [2.05, 4.69) is 0 Å². The Morgan fingerprint density at radius 3 is 2.19 bits per heavy atom. The largest absolute Gasteiger partial charge is 0.493 e. The Labute approximate surface area is 184 Å². The molecule has 0 fully saturated rings. The van der Waals surface area contributed by atoms with Crippen LogP contribution in [0.4, 0.5) is 0 Å². The van der Waals surface area contributed by atoms with Crippen molar-refractivity contribution in [2.75, 3.05) is 27.9 Å². The van der Waals surface area contributed by atoms with E-state index in [1.807, 2.05) is 0 Å². The summed E-state index contributed by atoms with van der Waals surface area (Å²) in [5.74, 6) is -2.45. The highest BCUT2D eigenvalue weighted by Gasteiger charge is 2.61. The number of carbonyl (C=O) groups excluding carboxylic acids is 2. The second kappa shape index (κ2) is 8.85.